The Morgan fingerprint density at radius 1 is 1.11 bits per heavy atom. The van der Waals surface area contributed by atoms with Crippen LogP contribution in [0.4, 0.5) is 0 Å². The highest BCUT2D eigenvalue weighted by molar-refractivity contribution is 4.76. The molecule has 3 nitrogen and oxygen atoms in total. The lowest BCUT2D eigenvalue weighted by atomic mass is 9.85. The van der Waals surface area contributed by atoms with Gasteiger partial charge in [0.15, 0.2) is 0 Å². The molecule has 0 aromatic heterocycles. The van der Waals surface area contributed by atoms with Gasteiger partial charge in [-0.1, -0.05) is 13.8 Å². The number of hydrogen-bond donors (Lipinski definition) is 1. The van der Waals surface area contributed by atoms with Crippen molar-refractivity contribution >= 4 is 0 Å². The molecule has 0 spiro atoms. The second-order valence-electron chi connectivity index (χ2n) is 6.77. The third kappa shape index (κ3) is 7.34. The molecule has 0 aromatic rings. The Morgan fingerprint density at radius 3 is 2.61 bits per heavy atom. The molecule has 0 aromatic carbocycles. The Kier molecular flexibility index (Phi) is 7.20. The fraction of sp³-hybridized carbons (Fsp3) is 1.00. The summed E-state index contributed by atoms with van der Waals surface area (Å²) in [5.74, 6) is 0. The quantitative estimate of drug-likeness (QED) is 0.702. The Hall–Kier alpha value is -0.120. The zero-order chi connectivity index (χ0) is 13.4. The molecule has 108 valence electrons. The fourth-order valence-corrected chi connectivity index (χ4v) is 2.58. The van der Waals surface area contributed by atoms with Gasteiger partial charge in [-0.15, -0.1) is 0 Å². The SMILES string of the molecule is CN(C)CCCNCCN1CCCC(C)(C)CC1. The van der Waals surface area contributed by atoms with Crippen molar-refractivity contribution < 1.29 is 0 Å². The highest BCUT2D eigenvalue weighted by Gasteiger charge is 2.22. The van der Waals surface area contributed by atoms with Crippen molar-refractivity contribution in [2.24, 2.45) is 5.41 Å². The van der Waals surface area contributed by atoms with E-state index in [4.69, 9.17) is 0 Å². The molecule has 1 heterocycles. The summed E-state index contributed by atoms with van der Waals surface area (Å²) >= 11 is 0. The van der Waals surface area contributed by atoms with Gasteiger partial charge in [-0.2, -0.15) is 0 Å². The Labute approximate surface area is 114 Å². The molecule has 1 aliphatic heterocycles. The second-order valence-corrected chi connectivity index (χ2v) is 6.77. The van der Waals surface area contributed by atoms with Crippen LogP contribution >= 0.6 is 0 Å². The lowest BCUT2D eigenvalue weighted by Crippen LogP contribution is -2.34. The summed E-state index contributed by atoms with van der Waals surface area (Å²) in [5.41, 5.74) is 0.563. The third-order valence-corrected chi connectivity index (χ3v) is 4.00. The molecule has 0 saturated carbocycles. The second kappa shape index (κ2) is 8.13. The standard InChI is InChI=1S/C15H33N3/c1-15(2)7-5-12-18(13-8-15)14-10-16-9-6-11-17(3)4/h16H,5-14H2,1-4H3. The monoisotopic (exact) mass is 255 g/mol. The minimum Gasteiger partial charge on any atom is -0.315 e. The van der Waals surface area contributed by atoms with Gasteiger partial charge in [-0.25, -0.2) is 0 Å². The summed E-state index contributed by atoms with van der Waals surface area (Å²) in [5, 5.41) is 3.56. The molecule has 1 saturated heterocycles. The van der Waals surface area contributed by atoms with Gasteiger partial charge >= 0.3 is 0 Å². The maximum absolute atomic E-state index is 3.56. The van der Waals surface area contributed by atoms with Crippen LogP contribution in [0, 0.1) is 5.41 Å². The van der Waals surface area contributed by atoms with Gasteiger partial charge in [-0.3, -0.25) is 0 Å². The van der Waals surface area contributed by atoms with E-state index in [9.17, 15) is 0 Å². The van der Waals surface area contributed by atoms with Crippen LogP contribution in [0.15, 0.2) is 0 Å². The zero-order valence-electron chi connectivity index (χ0n) is 13.0. The van der Waals surface area contributed by atoms with Gasteiger partial charge in [-0.05, 0) is 71.4 Å². The Morgan fingerprint density at radius 2 is 1.89 bits per heavy atom. The zero-order valence-corrected chi connectivity index (χ0v) is 13.0. The summed E-state index contributed by atoms with van der Waals surface area (Å²) in [7, 11) is 4.28. The largest absolute Gasteiger partial charge is 0.315 e. The van der Waals surface area contributed by atoms with Crippen LogP contribution in [0.25, 0.3) is 0 Å². The molecule has 0 aliphatic carbocycles. The first-order chi connectivity index (χ1) is 8.49. The Balaban J connectivity index is 2.02. The van der Waals surface area contributed by atoms with Gasteiger partial charge in [0.05, 0.1) is 0 Å². The van der Waals surface area contributed by atoms with E-state index in [1.54, 1.807) is 0 Å². The fourth-order valence-electron chi connectivity index (χ4n) is 2.58. The van der Waals surface area contributed by atoms with E-state index in [-0.39, 0.29) is 0 Å². The summed E-state index contributed by atoms with van der Waals surface area (Å²) in [6.07, 6.45) is 5.36. The van der Waals surface area contributed by atoms with E-state index in [0.29, 0.717) is 5.41 Å². The minimum absolute atomic E-state index is 0.563. The molecule has 1 rings (SSSR count). The minimum atomic E-state index is 0.563. The summed E-state index contributed by atoms with van der Waals surface area (Å²) in [6.45, 7) is 12.1. The van der Waals surface area contributed by atoms with Gasteiger partial charge in [0.2, 0.25) is 0 Å². The number of nitrogens with one attached hydrogen (secondary N) is 1. The topological polar surface area (TPSA) is 18.5 Å². The molecule has 3 heteroatoms. The van der Waals surface area contributed by atoms with Crippen LogP contribution in [0.1, 0.15) is 39.5 Å². The van der Waals surface area contributed by atoms with E-state index in [0.717, 1.165) is 13.1 Å². The average molecular weight is 255 g/mol. The lowest BCUT2D eigenvalue weighted by molar-refractivity contribution is 0.261. The van der Waals surface area contributed by atoms with Crippen molar-refractivity contribution in [1.29, 1.82) is 0 Å². The predicted octanol–water partition coefficient (Wildman–Crippen LogP) is 2.04. The van der Waals surface area contributed by atoms with Gasteiger partial charge < -0.3 is 15.1 Å². The lowest BCUT2D eigenvalue weighted by Gasteiger charge is -2.23. The van der Waals surface area contributed by atoms with E-state index in [1.807, 2.05) is 0 Å². The van der Waals surface area contributed by atoms with Crippen molar-refractivity contribution in [3.8, 4) is 0 Å². The summed E-state index contributed by atoms with van der Waals surface area (Å²) in [6, 6.07) is 0. The normalized spacial score (nSPS) is 21.2. The molecule has 0 radical (unpaired) electrons. The van der Waals surface area contributed by atoms with Crippen molar-refractivity contribution in [2.75, 3.05) is 53.4 Å². The van der Waals surface area contributed by atoms with Crippen molar-refractivity contribution in [1.82, 2.24) is 15.1 Å². The number of nitrogens with zero attached hydrogens (tertiary/aromatic N) is 2. The molecule has 1 aliphatic rings. The van der Waals surface area contributed by atoms with Crippen LogP contribution < -0.4 is 5.32 Å². The first kappa shape index (κ1) is 15.9. The molecule has 18 heavy (non-hydrogen) atoms. The van der Waals surface area contributed by atoms with Crippen LogP contribution in [-0.4, -0.2) is 63.2 Å². The van der Waals surface area contributed by atoms with Gasteiger partial charge in [0, 0.05) is 13.1 Å². The molecule has 0 atom stereocenters. The van der Waals surface area contributed by atoms with Crippen molar-refractivity contribution in [3.63, 3.8) is 0 Å². The van der Waals surface area contributed by atoms with Gasteiger partial charge in [0.25, 0.3) is 0 Å². The van der Waals surface area contributed by atoms with Crippen molar-refractivity contribution in [2.45, 2.75) is 39.5 Å². The molecular formula is C15H33N3. The summed E-state index contributed by atoms with van der Waals surface area (Å²) in [4.78, 5) is 4.88. The maximum atomic E-state index is 3.56. The number of hydrogen-bond acceptors (Lipinski definition) is 3. The number of likely N-dealkylation sites (tertiary alicyclic amines) is 1. The van der Waals surface area contributed by atoms with E-state index in [2.05, 4.69) is 43.1 Å². The smallest absolute Gasteiger partial charge is 0.0107 e. The van der Waals surface area contributed by atoms with Gasteiger partial charge in [0.1, 0.15) is 0 Å². The van der Waals surface area contributed by atoms with E-state index >= 15 is 0 Å². The predicted molar refractivity (Wildman–Crippen MR) is 80.1 cm³/mol. The van der Waals surface area contributed by atoms with Crippen LogP contribution in [0.5, 0.6) is 0 Å². The van der Waals surface area contributed by atoms with Crippen LogP contribution in [0.2, 0.25) is 0 Å². The molecule has 1 N–H and O–H groups in total. The van der Waals surface area contributed by atoms with E-state index in [1.165, 1.54) is 51.9 Å². The average Bonchev–Trinajstić information content (AvgIpc) is 2.45. The highest BCUT2D eigenvalue weighted by atomic mass is 15.1. The van der Waals surface area contributed by atoms with Crippen molar-refractivity contribution in [3.05, 3.63) is 0 Å². The Bertz CT molecular complexity index is 214. The molecule has 0 unspecified atom stereocenters. The van der Waals surface area contributed by atoms with Crippen LogP contribution in [0.3, 0.4) is 0 Å². The van der Waals surface area contributed by atoms with Crippen LogP contribution in [-0.2, 0) is 0 Å². The number of rotatable bonds is 7. The maximum Gasteiger partial charge on any atom is 0.0107 e. The molecular weight excluding hydrogens is 222 g/mol. The molecule has 0 bridgehead atoms. The third-order valence-electron chi connectivity index (χ3n) is 4.00. The first-order valence-electron chi connectivity index (χ1n) is 7.57. The molecule has 1 fully saturated rings. The van der Waals surface area contributed by atoms with E-state index < -0.39 is 0 Å². The molecule has 0 amide bonds. The highest BCUT2D eigenvalue weighted by Crippen LogP contribution is 2.29. The summed E-state index contributed by atoms with van der Waals surface area (Å²) < 4.78 is 0. The first-order valence-corrected chi connectivity index (χ1v) is 7.57.